The summed E-state index contributed by atoms with van der Waals surface area (Å²) in [4.78, 5) is 0. The second kappa shape index (κ2) is 7.07. The van der Waals surface area contributed by atoms with Crippen LogP contribution in [0, 0.1) is 0 Å². The molecule has 14 heavy (non-hydrogen) atoms. The van der Waals surface area contributed by atoms with E-state index in [2.05, 4.69) is 0 Å². The predicted molar refractivity (Wildman–Crippen MR) is 60.2 cm³/mol. The number of rotatable bonds is 6. The fraction of sp³-hybridized carbons (Fsp3) is 0.333. The molecule has 1 rings (SSSR count). The molecular formula is C9H13O3PS. The summed E-state index contributed by atoms with van der Waals surface area (Å²) in [5.74, 6) is 1.64. The lowest BCUT2D eigenvalue weighted by atomic mass is 10.3. The largest absolute Gasteiger partial charge is 0.426 e. The Bertz CT molecular complexity index is 245. The SMILES string of the molecule is CCSOP(OC)Oc1ccccc1. The molecule has 1 aromatic carbocycles. The molecule has 0 fully saturated rings. The molecule has 0 amide bonds. The van der Waals surface area contributed by atoms with Crippen molar-refractivity contribution in [1.29, 1.82) is 0 Å². The van der Waals surface area contributed by atoms with Crippen LogP contribution < -0.4 is 4.52 Å². The van der Waals surface area contributed by atoms with Crippen molar-refractivity contribution < 1.29 is 13.0 Å². The Morgan fingerprint density at radius 1 is 1.29 bits per heavy atom. The molecule has 78 valence electrons. The van der Waals surface area contributed by atoms with E-state index in [0.29, 0.717) is 0 Å². The van der Waals surface area contributed by atoms with Crippen molar-refractivity contribution in [3.8, 4) is 5.75 Å². The minimum Gasteiger partial charge on any atom is -0.426 e. The van der Waals surface area contributed by atoms with E-state index in [1.807, 2.05) is 37.3 Å². The molecular weight excluding hydrogens is 219 g/mol. The number of hydrogen-bond donors (Lipinski definition) is 0. The Morgan fingerprint density at radius 3 is 2.57 bits per heavy atom. The topological polar surface area (TPSA) is 27.7 Å². The van der Waals surface area contributed by atoms with Crippen molar-refractivity contribution in [3.05, 3.63) is 30.3 Å². The maximum atomic E-state index is 5.47. The van der Waals surface area contributed by atoms with Gasteiger partial charge in [-0.1, -0.05) is 25.1 Å². The van der Waals surface area contributed by atoms with Crippen molar-refractivity contribution in [2.75, 3.05) is 12.9 Å². The molecule has 0 N–H and O–H groups in total. The van der Waals surface area contributed by atoms with Crippen LogP contribution in [0.25, 0.3) is 0 Å². The van der Waals surface area contributed by atoms with Gasteiger partial charge in [-0.25, -0.2) is 3.97 Å². The van der Waals surface area contributed by atoms with Crippen molar-refractivity contribution >= 4 is 20.6 Å². The van der Waals surface area contributed by atoms with Gasteiger partial charge in [0.25, 0.3) is 0 Å². The zero-order chi connectivity index (χ0) is 10.2. The smallest absolute Gasteiger partial charge is 0.409 e. The molecule has 1 unspecified atom stereocenters. The van der Waals surface area contributed by atoms with Gasteiger partial charge in [0.2, 0.25) is 0 Å². The number of para-hydroxylation sites is 1. The molecule has 3 nitrogen and oxygen atoms in total. The van der Waals surface area contributed by atoms with Crippen molar-refractivity contribution in [2.24, 2.45) is 0 Å². The molecule has 0 aliphatic carbocycles. The first-order valence-electron chi connectivity index (χ1n) is 4.23. The van der Waals surface area contributed by atoms with E-state index >= 15 is 0 Å². The van der Waals surface area contributed by atoms with Crippen LogP contribution in [0.2, 0.25) is 0 Å². The highest BCUT2D eigenvalue weighted by Gasteiger charge is 2.12. The molecule has 0 aromatic heterocycles. The molecule has 0 heterocycles. The van der Waals surface area contributed by atoms with E-state index in [1.165, 1.54) is 12.0 Å². The standard InChI is InChI=1S/C9H13O3PS/c1-3-14-12-13(10-2)11-9-7-5-4-6-8-9/h4-8H,3H2,1-2H3. The molecule has 0 bridgehead atoms. The minimum atomic E-state index is -1.28. The fourth-order valence-corrected chi connectivity index (χ4v) is 2.25. The van der Waals surface area contributed by atoms with Crippen molar-refractivity contribution in [2.45, 2.75) is 6.92 Å². The summed E-state index contributed by atoms with van der Waals surface area (Å²) in [5.41, 5.74) is 0. The van der Waals surface area contributed by atoms with E-state index in [-0.39, 0.29) is 0 Å². The van der Waals surface area contributed by atoms with Crippen LogP contribution in [-0.4, -0.2) is 12.9 Å². The Balaban J connectivity index is 2.40. The van der Waals surface area contributed by atoms with E-state index in [9.17, 15) is 0 Å². The molecule has 0 radical (unpaired) electrons. The van der Waals surface area contributed by atoms with E-state index < -0.39 is 8.60 Å². The van der Waals surface area contributed by atoms with Gasteiger partial charge in [0.05, 0.1) is 0 Å². The lowest BCUT2D eigenvalue weighted by Gasteiger charge is -2.13. The lowest BCUT2D eigenvalue weighted by Crippen LogP contribution is -1.90. The van der Waals surface area contributed by atoms with Gasteiger partial charge in [0.15, 0.2) is 0 Å². The van der Waals surface area contributed by atoms with Crippen molar-refractivity contribution in [1.82, 2.24) is 0 Å². The summed E-state index contributed by atoms with van der Waals surface area (Å²) in [7, 11) is 0.297. The summed E-state index contributed by atoms with van der Waals surface area (Å²) in [6.45, 7) is 2.01. The third-order valence-corrected chi connectivity index (χ3v) is 3.11. The first-order valence-corrected chi connectivity index (χ1v) is 6.24. The van der Waals surface area contributed by atoms with Crippen LogP contribution in [0.3, 0.4) is 0 Å². The minimum absolute atomic E-state index is 0.761. The Morgan fingerprint density at radius 2 is 2.00 bits per heavy atom. The summed E-state index contributed by atoms with van der Waals surface area (Å²) >= 11 is 1.34. The second-order valence-electron chi connectivity index (χ2n) is 2.29. The summed E-state index contributed by atoms with van der Waals surface area (Å²) < 4.78 is 15.8. The Labute approximate surface area is 90.0 Å². The highest BCUT2D eigenvalue weighted by Crippen LogP contribution is 2.43. The first-order chi connectivity index (χ1) is 6.86. The maximum Gasteiger partial charge on any atom is 0.409 e. The van der Waals surface area contributed by atoms with Gasteiger partial charge in [0, 0.05) is 24.9 Å². The molecule has 0 saturated heterocycles. The molecule has 1 aromatic rings. The molecule has 0 saturated carbocycles. The fourth-order valence-electron chi connectivity index (χ4n) is 0.746. The van der Waals surface area contributed by atoms with Gasteiger partial charge >= 0.3 is 8.60 Å². The average Bonchev–Trinajstić information content (AvgIpc) is 2.25. The summed E-state index contributed by atoms with van der Waals surface area (Å²) in [5, 5.41) is 0. The van der Waals surface area contributed by atoms with Crippen LogP contribution in [-0.2, 0) is 8.49 Å². The van der Waals surface area contributed by atoms with Gasteiger partial charge in [-0.05, 0) is 12.1 Å². The molecule has 1 atom stereocenters. The zero-order valence-electron chi connectivity index (χ0n) is 8.17. The van der Waals surface area contributed by atoms with Crippen molar-refractivity contribution in [3.63, 3.8) is 0 Å². The third-order valence-electron chi connectivity index (χ3n) is 1.30. The van der Waals surface area contributed by atoms with Crippen LogP contribution >= 0.6 is 20.6 Å². The van der Waals surface area contributed by atoms with Gasteiger partial charge in [-0.15, -0.1) is 0 Å². The Kier molecular flexibility index (Phi) is 5.96. The molecule has 0 spiro atoms. The second-order valence-corrected chi connectivity index (χ2v) is 4.70. The first kappa shape index (κ1) is 11.8. The average molecular weight is 232 g/mol. The van der Waals surface area contributed by atoms with Gasteiger partial charge in [0.1, 0.15) is 5.75 Å². The van der Waals surface area contributed by atoms with Crippen LogP contribution in [0.15, 0.2) is 30.3 Å². The van der Waals surface area contributed by atoms with E-state index in [4.69, 9.17) is 13.0 Å². The highest BCUT2D eigenvalue weighted by molar-refractivity contribution is 7.97. The summed E-state index contributed by atoms with van der Waals surface area (Å²) in [6, 6.07) is 9.49. The van der Waals surface area contributed by atoms with Gasteiger partial charge in [-0.3, -0.25) is 0 Å². The monoisotopic (exact) mass is 232 g/mol. The molecule has 5 heteroatoms. The van der Waals surface area contributed by atoms with E-state index in [0.717, 1.165) is 11.5 Å². The van der Waals surface area contributed by atoms with Crippen LogP contribution in [0.4, 0.5) is 0 Å². The lowest BCUT2D eigenvalue weighted by molar-refractivity contribution is 0.337. The van der Waals surface area contributed by atoms with Gasteiger partial charge < -0.3 is 9.05 Å². The quantitative estimate of drug-likeness (QED) is 0.553. The number of benzene rings is 1. The third kappa shape index (κ3) is 4.29. The highest BCUT2D eigenvalue weighted by atomic mass is 32.2. The van der Waals surface area contributed by atoms with Crippen LogP contribution in [0.5, 0.6) is 5.75 Å². The normalized spacial score (nSPS) is 12.4. The maximum absolute atomic E-state index is 5.47. The van der Waals surface area contributed by atoms with Gasteiger partial charge in [-0.2, -0.15) is 0 Å². The summed E-state index contributed by atoms with van der Waals surface area (Å²) in [6.07, 6.45) is 0. The molecule has 0 aliphatic heterocycles. The Hall–Kier alpha value is -0.280. The van der Waals surface area contributed by atoms with Crippen LogP contribution in [0.1, 0.15) is 6.92 Å². The van der Waals surface area contributed by atoms with E-state index in [1.54, 1.807) is 7.11 Å². The predicted octanol–water partition coefficient (Wildman–Crippen LogP) is 3.62. The number of hydrogen-bond acceptors (Lipinski definition) is 4. The zero-order valence-corrected chi connectivity index (χ0v) is 9.88. The molecule has 0 aliphatic rings.